The highest BCUT2D eigenvalue weighted by molar-refractivity contribution is 5.77. The summed E-state index contributed by atoms with van der Waals surface area (Å²) in [6, 6.07) is 18.4. The Morgan fingerprint density at radius 3 is 2.33 bits per heavy atom. The van der Waals surface area contributed by atoms with Gasteiger partial charge in [0.15, 0.2) is 0 Å². The molecule has 0 heterocycles. The Balaban J connectivity index is 1.95. The zero-order chi connectivity index (χ0) is 17.6. The number of nitrogens with one attached hydrogen (secondary N) is 1. The van der Waals surface area contributed by atoms with Gasteiger partial charge in [0.2, 0.25) is 0 Å². The molecule has 0 radical (unpaired) electrons. The highest BCUT2D eigenvalue weighted by Gasteiger charge is 2.19. The molecule has 1 amide bonds. The molecule has 0 spiro atoms. The topological polar surface area (TPSA) is 41.6 Å². The second kappa shape index (κ2) is 7.86. The van der Waals surface area contributed by atoms with Gasteiger partial charge in [0.25, 0.3) is 0 Å². The second-order valence-electron chi connectivity index (χ2n) is 6.74. The van der Waals surface area contributed by atoms with E-state index < -0.39 is 5.60 Å². The van der Waals surface area contributed by atoms with Crippen LogP contribution in [0, 0.1) is 0 Å². The van der Waals surface area contributed by atoms with Crippen LogP contribution in [-0.2, 0) is 4.74 Å². The van der Waals surface area contributed by atoms with E-state index in [1.807, 2.05) is 51.1 Å². The first-order valence-electron chi connectivity index (χ1n) is 8.19. The van der Waals surface area contributed by atoms with Gasteiger partial charge < -0.3 is 15.0 Å². The zero-order valence-electron chi connectivity index (χ0n) is 14.9. The van der Waals surface area contributed by atoms with Gasteiger partial charge in [0.1, 0.15) is 5.60 Å². The van der Waals surface area contributed by atoms with E-state index in [-0.39, 0.29) is 6.09 Å². The summed E-state index contributed by atoms with van der Waals surface area (Å²) in [6.45, 7) is 6.82. The van der Waals surface area contributed by atoms with Gasteiger partial charge in [-0.25, -0.2) is 4.79 Å². The molecule has 0 aromatic heterocycles. The fourth-order valence-electron chi connectivity index (χ4n) is 2.30. The van der Waals surface area contributed by atoms with Crippen molar-refractivity contribution in [2.75, 3.05) is 25.5 Å². The number of benzene rings is 2. The van der Waals surface area contributed by atoms with E-state index in [9.17, 15) is 4.79 Å². The molecular weight excluding hydrogens is 300 g/mol. The quantitative estimate of drug-likeness (QED) is 0.871. The Hall–Kier alpha value is -2.49. The molecule has 1 N–H and O–H groups in total. The number of amides is 1. The number of hydrogen-bond acceptors (Lipinski definition) is 3. The Morgan fingerprint density at radius 1 is 1.04 bits per heavy atom. The first-order chi connectivity index (χ1) is 11.4. The van der Waals surface area contributed by atoms with Crippen molar-refractivity contribution >= 4 is 11.8 Å². The molecule has 128 valence electrons. The third-order valence-electron chi connectivity index (χ3n) is 3.48. The molecule has 0 aliphatic rings. The number of carbonyl (C=O) groups excluding carboxylic acids is 1. The lowest BCUT2D eigenvalue weighted by atomic mass is 10.0. The van der Waals surface area contributed by atoms with Gasteiger partial charge in [0.05, 0.1) is 0 Å². The summed E-state index contributed by atoms with van der Waals surface area (Å²) in [5.74, 6) is 0. The molecule has 0 unspecified atom stereocenters. The predicted molar refractivity (Wildman–Crippen MR) is 99.2 cm³/mol. The lowest BCUT2D eigenvalue weighted by Gasteiger charge is -2.25. The van der Waals surface area contributed by atoms with E-state index in [1.54, 1.807) is 11.9 Å². The van der Waals surface area contributed by atoms with Crippen molar-refractivity contribution in [1.82, 2.24) is 4.90 Å². The highest BCUT2D eigenvalue weighted by Crippen LogP contribution is 2.27. The number of ether oxygens (including phenoxy) is 1. The van der Waals surface area contributed by atoms with Gasteiger partial charge in [-0.3, -0.25) is 0 Å². The molecule has 0 bridgehead atoms. The molecule has 2 rings (SSSR count). The summed E-state index contributed by atoms with van der Waals surface area (Å²) in [5, 5.41) is 3.41. The number of para-hydroxylation sites is 1. The van der Waals surface area contributed by atoms with Gasteiger partial charge in [-0.05, 0) is 32.4 Å². The monoisotopic (exact) mass is 326 g/mol. The Bertz CT molecular complexity index is 663. The Labute approximate surface area is 144 Å². The highest BCUT2D eigenvalue weighted by atomic mass is 16.6. The number of nitrogens with zero attached hydrogens (tertiary/aromatic N) is 1. The van der Waals surface area contributed by atoms with Crippen LogP contribution in [0.2, 0.25) is 0 Å². The molecule has 0 aliphatic heterocycles. The first kappa shape index (κ1) is 17.9. The van der Waals surface area contributed by atoms with Gasteiger partial charge in [-0.15, -0.1) is 0 Å². The standard InChI is InChI=1S/C20H26N2O2/c1-20(2,3)24-19(23)22(4)15-14-21-18-13-9-8-12-17(18)16-10-6-5-7-11-16/h5-13,21H,14-15H2,1-4H3. The molecule has 0 fully saturated rings. The molecule has 2 aromatic rings. The van der Waals surface area contributed by atoms with Crippen LogP contribution in [0.3, 0.4) is 0 Å². The third-order valence-corrected chi connectivity index (χ3v) is 3.48. The minimum Gasteiger partial charge on any atom is -0.444 e. The van der Waals surface area contributed by atoms with Crippen molar-refractivity contribution in [3.63, 3.8) is 0 Å². The van der Waals surface area contributed by atoms with E-state index >= 15 is 0 Å². The summed E-state index contributed by atoms with van der Waals surface area (Å²) in [6.07, 6.45) is -0.305. The van der Waals surface area contributed by atoms with Crippen LogP contribution in [0.1, 0.15) is 20.8 Å². The first-order valence-corrected chi connectivity index (χ1v) is 8.19. The van der Waals surface area contributed by atoms with E-state index in [0.29, 0.717) is 13.1 Å². The van der Waals surface area contributed by atoms with Crippen molar-refractivity contribution in [3.8, 4) is 11.1 Å². The Morgan fingerprint density at radius 2 is 1.67 bits per heavy atom. The average Bonchev–Trinajstić information content (AvgIpc) is 2.54. The SMILES string of the molecule is CN(CCNc1ccccc1-c1ccccc1)C(=O)OC(C)(C)C. The molecule has 0 aliphatic carbocycles. The normalized spacial score (nSPS) is 11.0. The van der Waals surface area contributed by atoms with Gasteiger partial charge in [0, 0.05) is 31.4 Å². The van der Waals surface area contributed by atoms with Crippen LogP contribution in [0.25, 0.3) is 11.1 Å². The number of likely N-dealkylation sites (N-methyl/N-ethyl adjacent to an activating group) is 1. The number of rotatable bonds is 5. The minimum absolute atomic E-state index is 0.305. The van der Waals surface area contributed by atoms with Crippen LogP contribution >= 0.6 is 0 Å². The maximum absolute atomic E-state index is 12.0. The third kappa shape index (κ3) is 5.30. The minimum atomic E-state index is -0.474. The molecule has 2 aromatic carbocycles. The lowest BCUT2D eigenvalue weighted by molar-refractivity contribution is 0.0305. The Kier molecular flexibility index (Phi) is 5.85. The van der Waals surface area contributed by atoms with Crippen LogP contribution in [-0.4, -0.2) is 36.7 Å². The molecule has 0 atom stereocenters. The van der Waals surface area contributed by atoms with Crippen molar-refractivity contribution in [2.45, 2.75) is 26.4 Å². The lowest BCUT2D eigenvalue weighted by Crippen LogP contribution is -2.36. The summed E-state index contributed by atoms with van der Waals surface area (Å²) < 4.78 is 5.35. The van der Waals surface area contributed by atoms with Gasteiger partial charge in [-0.2, -0.15) is 0 Å². The van der Waals surface area contributed by atoms with E-state index in [2.05, 4.69) is 29.6 Å². The predicted octanol–water partition coefficient (Wildman–Crippen LogP) is 4.63. The van der Waals surface area contributed by atoms with Crippen molar-refractivity contribution < 1.29 is 9.53 Å². The number of carbonyl (C=O) groups is 1. The maximum Gasteiger partial charge on any atom is 0.410 e. The van der Waals surface area contributed by atoms with Crippen molar-refractivity contribution in [2.24, 2.45) is 0 Å². The summed E-state index contributed by atoms with van der Waals surface area (Å²) in [7, 11) is 1.75. The summed E-state index contributed by atoms with van der Waals surface area (Å²) in [5.41, 5.74) is 2.90. The maximum atomic E-state index is 12.0. The molecule has 24 heavy (non-hydrogen) atoms. The van der Waals surface area contributed by atoms with Crippen LogP contribution in [0.4, 0.5) is 10.5 Å². The molecular formula is C20H26N2O2. The van der Waals surface area contributed by atoms with Crippen LogP contribution < -0.4 is 5.32 Å². The largest absolute Gasteiger partial charge is 0.444 e. The fourth-order valence-corrected chi connectivity index (χ4v) is 2.30. The smallest absolute Gasteiger partial charge is 0.410 e. The van der Waals surface area contributed by atoms with Gasteiger partial charge in [-0.1, -0.05) is 48.5 Å². The van der Waals surface area contributed by atoms with Crippen molar-refractivity contribution in [3.05, 3.63) is 54.6 Å². The van der Waals surface area contributed by atoms with Gasteiger partial charge >= 0.3 is 6.09 Å². The summed E-state index contributed by atoms with van der Waals surface area (Å²) >= 11 is 0. The molecule has 4 nitrogen and oxygen atoms in total. The molecule has 0 saturated heterocycles. The van der Waals surface area contributed by atoms with Crippen LogP contribution in [0.15, 0.2) is 54.6 Å². The van der Waals surface area contributed by atoms with E-state index in [4.69, 9.17) is 4.74 Å². The molecule has 0 saturated carbocycles. The van der Waals surface area contributed by atoms with Crippen molar-refractivity contribution in [1.29, 1.82) is 0 Å². The van der Waals surface area contributed by atoms with E-state index in [1.165, 1.54) is 5.56 Å². The summed E-state index contributed by atoms with van der Waals surface area (Å²) in [4.78, 5) is 13.6. The van der Waals surface area contributed by atoms with Crippen LogP contribution in [0.5, 0.6) is 0 Å². The number of anilines is 1. The van der Waals surface area contributed by atoms with E-state index in [0.717, 1.165) is 11.3 Å². The molecule has 4 heteroatoms. The second-order valence-corrected chi connectivity index (χ2v) is 6.74. The zero-order valence-corrected chi connectivity index (χ0v) is 14.9. The fraction of sp³-hybridized carbons (Fsp3) is 0.350. The average molecular weight is 326 g/mol. The number of hydrogen-bond donors (Lipinski definition) is 1.